The summed E-state index contributed by atoms with van der Waals surface area (Å²) in [6, 6.07) is 5.90. The third-order valence-corrected chi connectivity index (χ3v) is 5.59. The molecule has 28 heavy (non-hydrogen) atoms. The van der Waals surface area contributed by atoms with E-state index in [0.29, 0.717) is 6.54 Å². The third-order valence-electron chi connectivity index (χ3n) is 5.59. The molecule has 146 valence electrons. The maximum Gasteiger partial charge on any atom is 0.179 e. The fourth-order valence-electron chi connectivity index (χ4n) is 3.90. The quantitative estimate of drug-likeness (QED) is 0.634. The molecule has 0 amide bonds. The maximum absolute atomic E-state index is 13.2. The minimum Gasteiger partial charge on any atom is -0.497 e. The summed E-state index contributed by atoms with van der Waals surface area (Å²) in [7, 11) is 3.65. The number of aryl methyl sites for hydroxylation is 1. The van der Waals surface area contributed by atoms with Crippen LogP contribution in [-0.4, -0.2) is 65.1 Å². The van der Waals surface area contributed by atoms with Gasteiger partial charge in [-0.3, -0.25) is 14.7 Å². The fraction of sp³-hybridized carbons (Fsp3) is 0.381. The first kappa shape index (κ1) is 18.4. The van der Waals surface area contributed by atoms with Gasteiger partial charge in [0.05, 0.1) is 19.9 Å². The molecule has 3 heterocycles. The zero-order valence-electron chi connectivity index (χ0n) is 16.6. The standard InChI is InChI=1S/C21H25N5O2/c1-15-21(17-12-16(28-3)4-5-18(17)24(15)2)19(27)14-25-8-10-26(11-9-25)20-13-22-6-7-23-20/h4-7,12-13H,8-11,14H2,1-3H3. The number of aromatic nitrogens is 3. The zero-order chi connectivity index (χ0) is 19.7. The number of ether oxygens (including phenoxy) is 1. The van der Waals surface area contributed by atoms with Gasteiger partial charge in [-0.25, -0.2) is 4.98 Å². The molecule has 0 bridgehead atoms. The van der Waals surface area contributed by atoms with E-state index in [-0.39, 0.29) is 5.78 Å². The molecule has 1 saturated heterocycles. The Kier molecular flexibility index (Phi) is 5.00. The Bertz CT molecular complexity index is 991. The maximum atomic E-state index is 13.2. The molecule has 0 N–H and O–H groups in total. The van der Waals surface area contributed by atoms with Crippen LogP contribution in [0, 0.1) is 6.92 Å². The van der Waals surface area contributed by atoms with Gasteiger partial charge in [0.15, 0.2) is 5.78 Å². The Morgan fingerprint density at radius 2 is 1.96 bits per heavy atom. The van der Waals surface area contributed by atoms with Gasteiger partial charge in [0.1, 0.15) is 11.6 Å². The zero-order valence-corrected chi connectivity index (χ0v) is 16.6. The molecule has 0 radical (unpaired) electrons. The van der Waals surface area contributed by atoms with Crippen LogP contribution in [0.5, 0.6) is 5.75 Å². The first-order chi connectivity index (χ1) is 13.6. The van der Waals surface area contributed by atoms with Crippen molar-refractivity contribution in [2.45, 2.75) is 6.92 Å². The summed E-state index contributed by atoms with van der Waals surface area (Å²) in [6.07, 6.45) is 5.18. The largest absolute Gasteiger partial charge is 0.497 e. The molecule has 0 unspecified atom stereocenters. The second-order valence-corrected chi connectivity index (χ2v) is 7.15. The molecule has 7 nitrogen and oxygen atoms in total. The van der Waals surface area contributed by atoms with Crippen LogP contribution in [-0.2, 0) is 7.05 Å². The van der Waals surface area contributed by atoms with E-state index in [4.69, 9.17) is 4.74 Å². The first-order valence-electron chi connectivity index (χ1n) is 9.48. The second-order valence-electron chi connectivity index (χ2n) is 7.15. The van der Waals surface area contributed by atoms with Gasteiger partial charge in [0, 0.05) is 67.8 Å². The van der Waals surface area contributed by atoms with Crippen molar-refractivity contribution in [3.63, 3.8) is 0 Å². The molecule has 1 aliphatic heterocycles. The van der Waals surface area contributed by atoms with E-state index in [1.807, 2.05) is 32.2 Å². The monoisotopic (exact) mass is 379 g/mol. The molecule has 3 aromatic rings. The lowest BCUT2D eigenvalue weighted by atomic mass is 10.1. The van der Waals surface area contributed by atoms with Crippen LogP contribution in [0.4, 0.5) is 5.82 Å². The van der Waals surface area contributed by atoms with E-state index in [2.05, 4.69) is 24.3 Å². The summed E-state index contributed by atoms with van der Waals surface area (Å²) < 4.78 is 7.44. The molecule has 1 aliphatic rings. The van der Waals surface area contributed by atoms with E-state index in [0.717, 1.165) is 59.9 Å². The highest BCUT2D eigenvalue weighted by molar-refractivity contribution is 6.10. The number of ketones is 1. The van der Waals surface area contributed by atoms with Gasteiger partial charge in [-0.1, -0.05) is 0 Å². The number of Topliss-reactive ketones (excluding diaryl/α,β-unsaturated/α-hetero) is 1. The van der Waals surface area contributed by atoms with Crippen LogP contribution < -0.4 is 9.64 Å². The van der Waals surface area contributed by atoms with Crippen molar-refractivity contribution in [2.75, 3.05) is 44.7 Å². The highest BCUT2D eigenvalue weighted by atomic mass is 16.5. The third kappa shape index (κ3) is 3.33. The number of methoxy groups -OCH3 is 1. The molecule has 0 saturated carbocycles. The van der Waals surface area contributed by atoms with Crippen molar-refractivity contribution in [3.05, 3.63) is 48.0 Å². The van der Waals surface area contributed by atoms with E-state index >= 15 is 0 Å². The number of rotatable bonds is 5. The number of benzene rings is 1. The van der Waals surface area contributed by atoms with Crippen LogP contribution >= 0.6 is 0 Å². The normalized spacial score (nSPS) is 15.2. The Hall–Kier alpha value is -2.93. The van der Waals surface area contributed by atoms with Gasteiger partial charge >= 0.3 is 0 Å². The minimum atomic E-state index is 0.157. The molecule has 0 aliphatic carbocycles. The highest BCUT2D eigenvalue weighted by Gasteiger charge is 2.24. The Morgan fingerprint density at radius 3 is 2.64 bits per heavy atom. The van der Waals surface area contributed by atoms with Crippen molar-refractivity contribution < 1.29 is 9.53 Å². The Balaban J connectivity index is 1.50. The van der Waals surface area contributed by atoms with Crippen molar-refractivity contribution in [1.29, 1.82) is 0 Å². The molecule has 7 heteroatoms. The summed E-state index contributed by atoms with van der Waals surface area (Å²) in [5.41, 5.74) is 2.84. The van der Waals surface area contributed by atoms with Crippen LogP contribution in [0.15, 0.2) is 36.8 Å². The van der Waals surface area contributed by atoms with Gasteiger partial charge < -0.3 is 14.2 Å². The van der Waals surface area contributed by atoms with Gasteiger partial charge in [-0.15, -0.1) is 0 Å². The molecule has 2 aromatic heterocycles. The second kappa shape index (κ2) is 7.59. The van der Waals surface area contributed by atoms with Crippen LogP contribution in [0.3, 0.4) is 0 Å². The van der Waals surface area contributed by atoms with Crippen LogP contribution in [0.25, 0.3) is 10.9 Å². The Labute approximate surface area is 164 Å². The predicted molar refractivity (Wildman–Crippen MR) is 109 cm³/mol. The van der Waals surface area contributed by atoms with Crippen LogP contribution in [0.1, 0.15) is 16.1 Å². The van der Waals surface area contributed by atoms with Crippen molar-refractivity contribution in [3.8, 4) is 5.75 Å². The molecule has 1 fully saturated rings. The number of hydrogen-bond acceptors (Lipinski definition) is 6. The van der Waals surface area contributed by atoms with Gasteiger partial charge in [-0.2, -0.15) is 0 Å². The number of hydrogen-bond donors (Lipinski definition) is 0. The lowest BCUT2D eigenvalue weighted by Gasteiger charge is -2.34. The number of anilines is 1. The SMILES string of the molecule is COc1ccc2c(c1)c(C(=O)CN1CCN(c3cnccn3)CC1)c(C)n2C. The lowest BCUT2D eigenvalue weighted by molar-refractivity contribution is 0.0927. The van der Waals surface area contributed by atoms with Crippen molar-refractivity contribution >= 4 is 22.5 Å². The van der Waals surface area contributed by atoms with E-state index < -0.39 is 0 Å². The molecule has 0 spiro atoms. The van der Waals surface area contributed by atoms with Crippen molar-refractivity contribution in [1.82, 2.24) is 19.4 Å². The minimum absolute atomic E-state index is 0.157. The van der Waals surface area contributed by atoms with Gasteiger partial charge in [0.25, 0.3) is 0 Å². The summed E-state index contributed by atoms with van der Waals surface area (Å²) in [6.45, 7) is 5.77. The summed E-state index contributed by atoms with van der Waals surface area (Å²) >= 11 is 0. The topological polar surface area (TPSA) is 63.5 Å². The molecule has 1 aromatic carbocycles. The van der Waals surface area contributed by atoms with Gasteiger partial charge in [-0.05, 0) is 25.1 Å². The summed E-state index contributed by atoms with van der Waals surface area (Å²) in [5.74, 6) is 1.82. The Morgan fingerprint density at radius 1 is 1.18 bits per heavy atom. The molecule has 0 atom stereocenters. The van der Waals surface area contributed by atoms with E-state index in [1.54, 1.807) is 25.7 Å². The first-order valence-corrected chi connectivity index (χ1v) is 9.48. The summed E-state index contributed by atoms with van der Waals surface area (Å²) in [5, 5.41) is 0.961. The average Bonchev–Trinajstić information content (AvgIpc) is 2.99. The average molecular weight is 379 g/mol. The summed E-state index contributed by atoms with van der Waals surface area (Å²) in [4.78, 5) is 26.1. The van der Waals surface area contributed by atoms with Gasteiger partial charge in [0.2, 0.25) is 0 Å². The van der Waals surface area contributed by atoms with Crippen LogP contribution in [0.2, 0.25) is 0 Å². The molecule has 4 rings (SSSR count). The van der Waals surface area contributed by atoms with Crippen molar-refractivity contribution in [2.24, 2.45) is 7.05 Å². The predicted octanol–water partition coefficient (Wildman–Crippen LogP) is 2.29. The fourth-order valence-corrected chi connectivity index (χ4v) is 3.90. The highest BCUT2D eigenvalue weighted by Crippen LogP contribution is 2.29. The van der Waals surface area contributed by atoms with E-state index in [9.17, 15) is 4.79 Å². The van der Waals surface area contributed by atoms with E-state index in [1.165, 1.54) is 0 Å². The molecular formula is C21H25N5O2. The number of piperazine rings is 1. The number of nitrogens with zero attached hydrogens (tertiary/aromatic N) is 5. The number of carbonyl (C=O) groups is 1. The lowest BCUT2D eigenvalue weighted by Crippen LogP contribution is -2.48. The molecular weight excluding hydrogens is 354 g/mol. The number of carbonyl (C=O) groups excluding carboxylic acids is 1. The smallest absolute Gasteiger partial charge is 0.179 e. The number of fused-ring (bicyclic) bond motifs is 1.